The van der Waals surface area contributed by atoms with Crippen molar-refractivity contribution in [1.29, 1.82) is 0 Å². The van der Waals surface area contributed by atoms with Crippen molar-refractivity contribution in [3.8, 4) is 22.6 Å². The molecule has 13 heteroatoms. The highest BCUT2D eigenvalue weighted by Gasteiger charge is 2.25. The molecule has 2 heterocycles. The number of nitrogens with two attached hydrogens (primary N) is 1. The van der Waals surface area contributed by atoms with Crippen LogP contribution >= 0.6 is 11.6 Å². The SMILES string of the molecule is COCCC(C(=O)Cc1ccc(C(N)=O)c(F)c1)n1cc(OC)c(-c2cc(Cl)ccc2-n2cnc(C(F)F)c2)cc1=O. The molecule has 0 aliphatic rings. The van der Waals surface area contributed by atoms with Crippen molar-refractivity contribution in [2.45, 2.75) is 25.3 Å². The number of ketones is 1. The predicted molar refractivity (Wildman–Crippen MR) is 149 cm³/mol. The summed E-state index contributed by atoms with van der Waals surface area (Å²) in [5.41, 5.74) is 5.23. The second kappa shape index (κ2) is 13.0. The molecule has 9 nitrogen and oxygen atoms in total. The van der Waals surface area contributed by atoms with Gasteiger partial charge in [0.2, 0.25) is 0 Å². The van der Waals surface area contributed by atoms with E-state index in [4.69, 9.17) is 26.8 Å². The lowest BCUT2D eigenvalue weighted by atomic mass is 9.99. The number of halogens is 4. The molecule has 0 fully saturated rings. The van der Waals surface area contributed by atoms with E-state index < -0.39 is 41.2 Å². The summed E-state index contributed by atoms with van der Waals surface area (Å²) in [4.78, 5) is 42.0. The zero-order chi connectivity index (χ0) is 30.6. The smallest absolute Gasteiger partial charge is 0.281 e. The second-order valence-corrected chi connectivity index (χ2v) is 9.72. The molecular weight excluding hydrogens is 577 g/mol. The molecule has 0 saturated carbocycles. The number of benzene rings is 2. The van der Waals surface area contributed by atoms with E-state index in [0.717, 1.165) is 6.07 Å². The van der Waals surface area contributed by atoms with E-state index in [1.54, 1.807) is 18.2 Å². The Morgan fingerprint density at radius 3 is 2.45 bits per heavy atom. The van der Waals surface area contributed by atoms with Gasteiger partial charge in [0.25, 0.3) is 17.9 Å². The monoisotopic (exact) mass is 602 g/mol. The van der Waals surface area contributed by atoms with Crippen molar-refractivity contribution < 1.29 is 32.2 Å². The van der Waals surface area contributed by atoms with Crippen molar-refractivity contribution in [3.63, 3.8) is 0 Å². The average molecular weight is 603 g/mol. The zero-order valence-electron chi connectivity index (χ0n) is 22.5. The average Bonchev–Trinajstić information content (AvgIpc) is 3.44. The van der Waals surface area contributed by atoms with E-state index in [1.165, 1.54) is 60.3 Å². The molecule has 0 saturated heterocycles. The van der Waals surface area contributed by atoms with Crippen LogP contribution in [-0.2, 0) is 16.0 Å². The highest BCUT2D eigenvalue weighted by atomic mass is 35.5. The maximum atomic E-state index is 14.3. The molecule has 0 bridgehead atoms. The number of carbonyl (C=O) groups is 2. The van der Waals surface area contributed by atoms with Crippen LogP contribution in [-0.4, -0.2) is 46.6 Å². The van der Waals surface area contributed by atoms with Gasteiger partial charge in [-0.25, -0.2) is 18.2 Å². The van der Waals surface area contributed by atoms with Crippen LogP contribution < -0.4 is 16.0 Å². The predicted octanol–water partition coefficient (Wildman–Crippen LogP) is 4.93. The van der Waals surface area contributed by atoms with E-state index in [1.807, 2.05) is 0 Å². The van der Waals surface area contributed by atoms with E-state index in [2.05, 4.69) is 4.98 Å². The molecule has 2 N–H and O–H groups in total. The van der Waals surface area contributed by atoms with Crippen LogP contribution in [0.25, 0.3) is 16.8 Å². The molecule has 2 aromatic carbocycles. The van der Waals surface area contributed by atoms with E-state index in [9.17, 15) is 27.6 Å². The first-order valence-electron chi connectivity index (χ1n) is 12.6. The first-order valence-corrected chi connectivity index (χ1v) is 12.9. The van der Waals surface area contributed by atoms with Crippen LogP contribution in [0.1, 0.15) is 40.5 Å². The number of primary amides is 1. The van der Waals surface area contributed by atoms with Gasteiger partial charge >= 0.3 is 0 Å². The van der Waals surface area contributed by atoms with Crippen LogP contribution in [0.15, 0.2) is 66.0 Å². The van der Waals surface area contributed by atoms with Crippen molar-refractivity contribution in [2.75, 3.05) is 20.8 Å². The van der Waals surface area contributed by atoms with Crippen molar-refractivity contribution >= 4 is 23.3 Å². The van der Waals surface area contributed by atoms with Crippen LogP contribution in [0.5, 0.6) is 5.75 Å². The topological polar surface area (TPSA) is 118 Å². The number of amides is 1. The lowest BCUT2D eigenvalue weighted by molar-refractivity contribution is -0.122. The lowest BCUT2D eigenvalue weighted by Gasteiger charge is -2.21. The van der Waals surface area contributed by atoms with Gasteiger partial charge in [-0.1, -0.05) is 17.7 Å². The number of nitrogens with zero attached hydrogens (tertiary/aromatic N) is 3. The third-order valence-electron chi connectivity index (χ3n) is 6.60. The summed E-state index contributed by atoms with van der Waals surface area (Å²) in [5.74, 6) is -2.02. The van der Waals surface area contributed by atoms with Crippen LogP contribution in [0.2, 0.25) is 5.02 Å². The molecule has 1 atom stereocenters. The number of rotatable bonds is 12. The molecule has 0 aliphatic heterocycles. The molecular formula is C29H26ClF3N4O5. The minimum Gasteiger partial charge on any atom is -0.495 e. The summed E-state index contributed by atoms with van der Waals surface area (Å²) < 4.78 is 54.0. The number of aromatic nitrogens is 3. The fourth-order valence-electron chi connectivity index (χ4n) is 4.55. The Hall–Kier alpha value is -4.42. The molecule has 0 aliphatic carbocycles. The quantitative estimate of drug-likeness (QED) is 0.246. The number of methoxy groups -OCH3 is 2. The van der Waals surface area contributed by atoms with Crippen molar-refractivity contribution in [1.82, 2.24) is 14.1 Å². The van der Waals surface area contributed by atoms with Gasteiger partial charge in [0, 0.05) is 48.6 Å². The second-order valence-electron chi connectivity index (χ2n) is 9.29. The van der Waals surface area contributed by atoms with Gasteiger partial charge in [0.05, 0.1) is 36.9 Å². The molecule has 0 spiro atoms. The Bertz CT molecular complexity index is 1690. The summed E-state index contributed by atoms with van der Waals surface area (Å²) in [6.45, 7) is 0.132. The Kier molecular flexibility index (Phi) is 9.48. The van der Waals surface area contributed by atoms with Gasteiger partial charge in [0.1, 0.15) is 17.3 Å². The minimum absolute atomic E-state index is 0.119. The number of imidazole rings is 1. The van der Waals surface area contributed by atoms with Crippen LogP contribution in [0.4, 0.5) is 13.2 Å². The molecule has 1 amide bonds. The summed E-state index contributed by atoms with van der Waals surface area (Å²) in [6.07, 6.45) is 0.860. The Morgan fingerprint density at radius 2 is 1.83 bits per heavy atom. The first kappa shape index (κ1) is 30.5. The summed E-state index contributed by atoms with van der Waals surface area (Å²) >= 11 is 6.26. The lowest BCUT2D eigenvalue weighted by Crippen LogP contribution is -2.31. The Balaban J connectivity index is 1.76. The Labute approximate surface area is 243 Å². The molecule has 42 heavy (non-hydrogen) atoms. The molecule has 0 radical (unpaired) electrons. The number of ether oxygens (including phenoxy) is 2. The van der Waals surface area contributed by atoms with Gasteiger partial charge in [0.15, 0.2) is 5.78 Å². The maximum absolute atomic E-state index is 14.3. The molecule has 2 aromatic heterocycles. The standard InChI is InChI=1S/C29H26ClF3N4O5/c1-41-8-7-24(25(38)10-16-3-5-18(29(34)40)21(31)9-16)37-14-26(42-2)20(12-27(37)39)19-11-17(30)4-6-23(19)36-13-22(28(32)33)35-15-36/h3-6,9,11-15,24,28H,7-8,10H2,1-2H3,(H2,34,40). The van der Waals surface area contributed by atoms with Gasteiger partial charge < -0.3 is 24.3 Å². The van der Waals surface area contributed by atoms with E-state index in [-0.39, 0.29) is 36.3 Å². The number of Topliss-reactive ketones (excluding diaryl/α,β-unsaturated/α-hetero) is 1. The number of carbonyl (C=O) groups excluding carboxylic acids is 2. The molecule has 4 aromatic rings. The fraction of sp³-hybridized carbons (Fsp3) is 0.241. The van der Waals surface area contributed by atoms with Crippen LogP contribution in [0, 0.1) is 5.82 Å². The first-order chi connectivity index (χ1) is 20.0. The normalized spacial score (nSPS) is 12.0. The summed E-state index contributed by atoms with van der Waals surface area (Å²) in [7, 11) is 2.82. The van der Waals surface area contributed by atoms with Gasteiger partial charge in [-0.2, -0.15) is 0 Å². The highest BCUT2D eigenvalue weighted by molar-refractivity contribution is 6.31. The molecule has 220 valence electrons. The van der Waals surface area contributed by atoms with Crippen LogP contribution in [0.3, 0.4) is 0 Å². The summed E-state index contributed by atoms with van der Waals surface area (Å²) in [5, 5.41) is 0.317. The van der Waals surface area contributed by atoms with E-state index >= 15 is 0 Å². The van der Waals surface area contributed by atoms with Gasteiger partial charge in [-0.15, -0.1) is 0 Å². The highest BCUT2D eigenvalue weighted by Crippen LogP contribution is 2.36. The fourth-order valence-corrected chi connectivity index (χ4v) is 4.72. The minimum atomic E-state index is -2.78. The summed E-state index contributed by atoms with van der Waals surface area (Å²) in [6, 6.07) is 8.61. The largest absolute Gasteiger partial charge is 0.495 e. The number of hydrogen-bond donors (Lipinski definition) is 1. The third kappa shape index (κ3) is 6.55. The molecule has 1 unspecified atom stereocenters. The third-order valence-corrected chi connectivity index (χ3v) is 6.83. The number of hydrogen-bond acceptors (Lipinski definition) is 6. The van der Waals surface area contributed by atoms with Crippen molar-refractivity contribution in [3.05, 3.63) is 99.2 Å². The molecule has 4 rings (SSSR count). The van der Waals surface area contributed by atoms with Gasteiger partial charge in [-0.05, 0) is 42.3 Å². The maximum Gasteiger partial charge on any atom is 0.281 e. The Morgan fingerprint density at radius 1 is 1.07 bits per heavy atom. The van der Waals surface area contributed by atoms with E-state index in [0.29, 0.717) is 21.8 Å². The van der Waals surface area contributed by atoms with Gasteiger partial charge in [-0.3, -0.25) is 14.4 Å². The zero-order valence-corrected chi connectivity index (χ0v) is 23.3. The van der Waals surface area contributed by atoms with Crippen molar-refractivity contribution in [2.24, 2.45) is 5.73 Å². The number of alkyl halides is 2. The number of pyridine rings is 1.